The zero-order valence-corrected chi connectivity index (χ0v) is 10.3. The molecule has 1 atom stereocenters. The number of hydrogen-bond acceptors (Lipinski definition) is 2. The summed E-state index contributed by atoms with van der Waals surface area (Å²) >= 11 is 0. The van der Waals surface area contributed by atoms with Crippen molar-refractivity contribution < 1.29 is 4.74 Å². The minimum Gasteiger partial charge on any atom is -0.490 e. The number of rotatable bonds is 6. The maximum atomic E-state index is 6.12. The topological polar surface area (TPSA) is 35.2 Å². The molecule has 2 fully saturated rings. The van der Waals surface area contributed by atoms with Crippen molar-refractivity contribution >= 4 is 0 Å². The molecule has 0 radical (unpaired) electrons. The molecule has 0 spiro atoms. The fourth-order valence-corrected chi connectivity index (χ4v) is 2.25. The lowest BCUT2D eigenvalue weighted by Crippen LogP contribution is -2.22. The molecule has 0 saturated heterocycles. The highest BCUT2D eigenvalue weighted by Gasteiger charge is 2.28. The highest BCUT2D eigenvalue weighted by atomic mass is 16.5. The number of aryl methyl sites for hydroxylation is 1. The van der Waals surface area contributed by atoms with Crippen LogP contribution in [0.4, 0.5) is 0 Å². The van der Waals surface area contributed by atoms with E-state index in [2.05, 4.69) is 24.3 Å². The molecule has 92 valence electrons. The van der Waals surface area contributed by atoms with Crippen LogP contribution in [0.3, 0.4) is 0 Å². The predicted molar refractivity (Wildman–Crippen MR) is 69.1 cm³/mol. The lowest BCUT2D eigenvalue weighted by atomic mass is 10.0. The number of nitrogens with two attached hydrogens (primary N) is 1. The van der Waals surface area contributed by atoms with Crippen molar-refractivity contribution in [1.82, 2.24) is 0 Å². The smallest absolute Gasteiger partial charge is 0.119 e. The average molecular weight is 231 g/mol. The zero-order chi connectivity index (χ0) is 11.7. The molecular weight excluding hydrogens is 210 g/mol. The van der Waals surface area contributed by atoms with Gasteiger partial charge in [0.1, 0.15) is 5.75 Å². The first-order valence-electron chi connectivity index (χ1n) is 6.82. The second-order valence-corrected chi connectivity index (χ2v) is 5.50. The molecule has 1 unspecified atom stereocenters. The summed E-state index contributed by atoms with van der Waals surface area (Å²) in [5.74, 6) is 1.84. The Kier molecular flexibility index (Phi) is 3.06. The molecule has 2 saturated carbocycles. The molecule has 0 aliphatic heterocycles. The van der Waals surface area contributed by atoms with Gasteiger partial charge in [-0.05, 0) is 62.1 Å². The molecule has 1 aromatic rings. The highest BCUT2D eigenvalue weighted by Crippen LogP contribution is 2.33. The van der Waals surface area contributed by atoms with E-state index in [4.69, 9.17) is 10.5 Å². The number of ether oxygens (including phenoxy) is 1. The summed E-state index contributed by atoms with van der Waals surface area (Å²) in [7, 11) is 0. The minimum absolute atomic E-state index is 0.406. The summed E-state index contributed by atoms with van der Waals surface area (Å²) in [6.07, 6.45) is 7.79. The molecule has 0 aromatic heterocycles. The van der Waals surface area contributed by atoms with Crippen LogP contribution in [0.1, 0.15) is 37.7 Å². The fourth-order valence-electron chi connectivity index (χ4n) is 2.25. The van der Waals surface area contributed by atoms with Gasteiger partial charge in [-0.1, -0.05) is 12.1 Å². The molecule has 2 heteroatoms. The van der Waals surface area contributed by atoms with Crippen LogP contribution in [0.2, 0.25) is 0 Å². The van der Waals surface area contributed by atoms with E-state index in [1.54, 1.807) is 0 Å². The van der Waals surface area contributed by atoms with Crippen molar-refractivity contribution in [1.29, 1.82) is 0 Å². The van der Waals surface area contributed by atoms with Gasteiger partial charge in [-0.3, -0.25) is 0 Å². The average Bonchev–Trinajstić information content (AvgIpc) is 3.17. The summed E-state index contributed by atoms with van der Waals surface area (Å²) in [5.41, 5.74) is 7.48. The summed E-state index contributed by atoms with van der Waals surface area (Å²) in [5, 5.41) is 0. The Morgan fingerprint density at radius 2 is 2.06 bits per heavy atom. The lowest BCUT2D eigenvalue weighted by Gasteiger charge is -2.11. The van der Waals surface area contributed by atoms with Crippen molar-refractivity contribution in [2.45, 2.75) is 50.7 Å². The quantitative estimate of drug-likeness (QED) is 0.817. The third-order valence-electron chi connectivity index (χ3n) is 3.72. The lowest BCUT2D eigenvalue weighted by molar-refractivity contribution is 0.303. The Morgan fingerprint density at radius 3 is 2.76 bits per heavy atom. The highest BCUT2D eigenvalue weighted by molar-refractivity contribution is 5.29. The standard InChI is InChI=1S/C15H21NO/c16-15(12-5-6-12)9-4-11-2-1-3-14(10-11)17-13-7-8-13/h1-3,10,12-13,15H,4-9,16H2. The largest absolute Gasteiger partial charge is 0.490 e. The van der Waals surface area contributed by atoms with Gasteiger partial charge in [-0.2, -0.15) is 0 Å². The van der Waals surface area contributed by atoms with Gasteiger partial charge >= 0.3 is 0 Å². The van der Waals surface area contributed by atoms with E-state index < -0.39 is 0 Å². The van der Waals surface area contributed by atoms with Crippen molar-refractivity contribution in [3.05, 3.63) is 29.8 Å². The molecular formula is C15H21NO. The maximum absolute atomic E-state index is 6.12. The van der Waals surface area contributed by atoms with Crippen molar-refractivity contribution in [2.75, 3.05) is 0 Å². The second kappa shape index (κ2) is 4.69. The van der Waals surface area contributed by atoms with Gasteiger partial charge in [0.25, 0.3) is 0 Å². The third-order valence-corrected chi connectivity index (χ3v) is 3.72. The Balaban J connectivity index is 1.53. The van der Waals surface area contributed by atoms with E-state index in [9.17, 15) is 0 Å². The van der Waals surface area contributed by atoms with Crippen molar-refractivity contribution in [2.24, 2.45) is 11.7 Å². The fraction of sp³-hybridized carbons (Fsp3) is 0.600. The number of benzene rings is 1. The normalized spacial score (nSPS) is 21.2. The van der Waals surface area contributed by atoms with E-state index in [1.807, 2.05) is 0 Å². The second-order valence-electron chi connectivity index (χ2n) is 5.50. The monoisotopic (exact) mass is 231 g/mol. The van der Waals surface area contributed by atoms with Crippen LogP contribution in [0.25, 0.3) is 0 Å². The van der Waals surface area contributed by atoms with E-state index in [-0.39, 0.29) is 0 Å². The number of hydrogen-bond donors (Lipinski definition) is 1. The first-order chi connectivity index (χ1) is 8.31. The van der Waals surface area contributed by atoms with E-state index in [0.717, 1.165) is 24.5 Å². The van der Waals surface area contributed by atoms with Gasteiger partial charge in [0.2, 0.25) is 0 Å². The third kappa shape index (κ3) is 3.22. The summed E-state index contributed by atoms with van der Waals surface area (Å²) in [4.78, 5) is 0. The van der Waals surface area contributed by atoms with Gasteiger partial charge in [-0.15, -0.1) is 0 Å². The van der Waals surface area contributed by atoms with Crippen molar-refractivity contribution in [3.63, 3.8) is 0 Å². The summed E-state index contributed by atoms with van der Waals surface area (Å²) < 4.78 is 5.80. The van der Waals surface area contributed by atoms with Crippen LogP contribution in [-0.2, 0) is 6.42 Å². The SMILES string of the molecule is NC(CCc1cccc(OC2CC2)c1)C1CC1. The van der Waals surface area contributed by atoms with Gasteiger partial charge in [0.05, 0.1) is 6.10 Å². The van der Waals surface area contributed by atoms with Crippen LogP contribution in [-0.4, -0.2) is 12.1 Å². The van der Waals surface area contributed by atoms with Crippen molar-refractivity contribution in [3.8, 4) is 5.75 Å². The Hall–Kier alpha value is -1.02. The van der Waals surface area contributed by atoms with Crippen LogP contribution >= 0.6 is 0 Å². The molecule has 0 bridgehead atoms. The first-order valence-corrected chi connectivity index (χ1v) is 6.82. The van der Waals surface area contributed by atoms with Crippen LogP contribution in [0.15, 0.2) is 24.3 Å². The Labute approximate surface area is 103 Å². The zero-order valence-electron chi connectivity index (χ0n) is 10.3. The molecule has 2 N–H and O–H groups in total. The van der Waals surface area contributed by atoms with Crippen LogP contribution in [0, 0.1) is 5.92 Å². The predicted octanol–water partition coefficient (Wildman–Crippen LogP) is 2.90. The molecule has 0 heterocycles. The molecule has 0 amide bonds. The summed E-state index contributed by atoms with van der Waals surface area (Å²) in [6.45, 7) is 0. The molecule has 1 aromatic carbocycles. The van der Waals surface area contributed by atoms with Gasteiger partial charge in [-0.25, -0.2) is 0 Å². The van der Waals surface area contributed by atoms with E-state index in [0.29, 0.717) is 12.1 Å². The Morgan fingerprint density at radius 1 is 1.24 bits per heavy atom. The van der Waals surface area contributed by atoms with Gasteiger partial charge in [0, 0.05) is 6.04 Å². The summed E-state index contributed by atoms with van der Waals surface area (Å²) in [6, 6.07) is 8.92. The van der Waals surface area contributed by atoms with Gasteiger partial charge in [0.15, 0.2) is 0 Å². The molecule has 3 rings (SSSR count). The van der Waals surface area contributed by atoms with Crippen LogP contribution in [0.5, 0.6) is 5.75 Å². The first kappa shape index (κ1) is 11.1. The van der Waals surface area contributed by atoms with Gasteiger partial charge < -0.3 is 10.5 Å². The minimum atomic E-state index is 0.406. The van der Waals surface area contributed by atoms with Crippen LogP contribution < -0.4 is 10.5 Å². The molecule has 17 heavy (non-hydrogen) atoms. The molecule has 2 nitrogen and oxygen atoms in total. The van der Waals surface area contributed by atoms with E-state index in [1.165, 1.54) is 31.2 Å². The maximum Gasteiger partial charge on any atom is 0.119 e. The molecule has 2 aliphatic rings. The molecule has 2 aliphatic carbocycles. The Bertz CT molecular complexity index is 382. The van der Waals surface area contributed by atoms with E-state index >= 15 is 0 Å².